The van der Waals surface area contributed by atoms with Crippen molar-refractivity contribution in [2.24, 2.45) is 0 Å². The highest BCUT2D eigenvalue weighted by atomic mass is 19.1. The first-order valence-corrected chi connectivity index (χ1v) is 9.98. The van der Waals surface area contributed by atoms with Crippen LogP contribution >= 0.6 is 0 Å². The topological polar surface area (TPSA) is 19.0 Å². The van der Waals surface area contributed by atoms with Gasteiger partial charge in [-0.1, -0.05) is 42.5 Å². The zero-order valence-corrected chi connectivity index (χ0v) is 15.6. The van der Waals surface area contributed by atoms with Gasteiger partial charge in [0.25, 0.3) is 0 Å². The number of nitrogens with one attached hydrogen (secondary N) is 1. The Labute approximate surface area is 163 Å². The molecule has 0 saturated heterocycles. The summed E-state index contributed by atoms with van der Waals surface area (Å²) in [6.07, 6.45) is 6.51. The molecule has 138 valence electrons. The van der Waals surface area contributed by atoms with E-state index in [1.54, 1.807) is 12.1 Å². The molecule has 0 radical (unpaired) electrons. The molecular formula is C25H21FN2. The van der Waals surface area contributed by atoms with Crippen LogP contribution in [0.2, 0.25) is 0 Å². The normalized spacial score (nSPS) is 19.5. The standard InChI is InChI=1S/C25H21FN2/c26-19-7-8-20-22(15-27-23(20)14-19)16-9-11-28(12-10-16)24-13-18-5-1-3-17-4-2-6-21(24)25(17)18/h1-9,14-15,24,27H,10-13H2. The number of hydrogen-bond donors (Lipinski definition) is 1. The molecule has 2 aliphatic rings. The molecule has 1 atom stereocenters. The molecule has 2 heterocycles. The van der Waals surface area contributed by atoms with Gasteiger partial charge in [-0.15, -0.1) is 0 Å². The summed E-state index contributed by atoms with van der Waals surface area (Å²) in [6.45, 7) is 2.01. The molecule has 28 heavy (non-hydrogen) atoms. The largest absolute Gasteiger partial charge is 0.360 e. The van der Waals surface area contributed by atoms with Gasteiger partial charge in [0.2, 0.25) is 0 Å². The monoisotopic (exact) mass is 368 g/mol. The lowest BCUT2D eigenvalue weighted by molar-refractivity contribution is 0.222. The van der Waals surface area contributed by atoms with Crippen molar-refractivity contribution >= 4 is 27.2 Å². The molecule has 1 aromatic heterocycles. The minimum atomic E-state index is -0.195. The Hall–Kier alpha value is -2.91. The number of aromatic nitrogens is 1. The van der Waals surface area contributed by atoms with Crippen LogP contribution in [0.3, 0.4) is 0 Å². The molecule has 0 saturated carbocycles. The smallest absolute Gasteiger partial charge is 0.125 e. The van der Waals surface area contributed by atoms with Crippen LogP contribution in [-0.2, 0) is 6.42 Å². The van der Waals surface area contributed by atoms with Crippen molar-refractivity contribution in [1.29, 1.82) is 0 Å². The van der Waals surface area contributed by atoms with Gasteiger partial charge in [0, 0.05) is 41.8 Å². The molecule has 1 aliphatic heterocycles. The molecule has 0 amide bonds. The lowest BCUT2D eigenvalue weighted by atomic mass is 9.97. The Kier molecular flexibility index (Phi) is 3.47. The van der Waals surface area contributed by atoms with E-state index in [1.165, 1.54) is 33.0 Å². The highest BCUT2D eigenvalue weighted by Crippen LogP contribution is 2.41. The van der Waals surface area contributed by atoms with Crippen LogP contribution in [0.15, 0.2) is 66.9 Å². The van der Waals surface area contributed by atoms with E-state index < -0.39 is 0 Å². The molecule has 1 unspecified atom stereocenters. The van der Waals surface area contributed by atoms with Crippen LogP contribution in [0.25, 0.3) is 27.2 Å². The lowest BCUT2D eigenvalue weighted by Gasteiger charge is -2.32. The van der Waals surface area contributed by atoms with Crippen LogP contribution < -0.4 is 0 Å². The fraction of sp³-hybridized carbons (Fsp3) is 0.200. The molecule has 0 fully saturated rings. The van der Waals surface area contributed by atoms with E-state index >= 15 is 0 Å². The van der Waals surface area contributed by atoms with Gasteiger partial charge in [-0.3, -0.25) is 4.90 Å². The molecular weight excluding hydrogens is 347 g/mol. The molecule has 6 rings (SSSR count). The number of halogens is 1. The van der Waals surface area contributed by atoms with Gasteiger partial charge in [-0.05, 0) is 58.5 Å². The molecule has 0 spiro atoms. The number of fused-ring (bicyclic) bond motifs is 1. The summed E-state index contributed by atoms with van der Waals surface area (Å²) in [7, 11) is 0. The average molecular weight is 368 g/mol. The van der Waals surface area contributed by atoms with Crippen LogP contribution in [0, 0.1) is 5.82 Å². The van der Waals surface area contributed by atoms with Gasteiger partial charge in [0.1, 0.15) is 5.82 Å². The van der Waals surface area contributed by atoms with E-state index in [4.69, 9.17) is 0 Å². The van der Waals surface area contributed by atoms with Crippen molar-refractivity contribution in [1.82, 2.24) is 9.88 Å². The summed E-state index contributed by atoms with van der Waals surface area (Å²) >= 11 is 0. The number of benzene rings is 3. The number of aromatic amines is 1. The Morgan fingerprint density at radius 3 is 2.79 bits per heavy atom. The Bertz CT molecular complexity index is 1240. The molecule has 4 aromatic rings. The van der Waals surface area contributed by atoms with E-state index in [2.05, 4.69) is 52.4 Å². The van der Waals surface area contributed by atoms with Gasteiger partial charge in [-0.25, -0.2) is 4.39 Å². The first kappa shape index (κ1) is 16.1. The number of hydrogen-bond acceptors (Lipinski definition) is 1. The van der Waals surface area contributed by atoms with Crippen molar-refractivity contribution in [2.45, 2.75) is 18.9 Å². The molecule has 1 aliphatic carbocycles. The fourth-order valence-corrected chi connectivity index (χ4v) is 5.12. The Morgan fingerprint density at radius 1 is 1.04 bits per heavy atom. The summed E-state index contributed by atoms with van der Waals surface area (Å²) in [5, 5.41) is 3.93. The van der Waals surface area contributed by atoms with Crippen molar-refractivity contribution in [3.05, 3.63) is 89.4 Å². The van der Waals surface area contributed by atoms with Gasteiger partial charge >= 0.3 is 0 Å². The predicted octanol–water partition coefficient (Wildman–Crippen LogP) is 5.85. The second-order valence-electron chi connectivity index (χ2n) is 7.95. The van der Waals surface area contributed by atoms with Crippen molar-refractivity contribution in [3.8, 4) is 0 Å². The van der Waals surface area contributed by atoms with Crippen molar-refractivity contribution in [2.75, 3.05) is 13.1 Å². The quantitative estimate of drug-likeness (QED) is 0.470. The number of nitrogens with zero attached hydrogens (tertiary/aromatic N) is 1. The van der Waals surface area contributed by atoms with Gasteiger partial charge in [0.15, 0.2) is 0 Å². The molecule has 3 heteroatoms. The molecule has 2 nitrogen and oxygen atoms in total. The maximum absolute atomic E-state index is 13.5. The summed E-state index contributed by atoms with van der Waals surface area (Å²) in [5.74, 6) is -0.195. The third-order valence-electron chi connectivity index (χ3n) is 6.47. The van der Waals surface area contributed by atoms with E-state index in [-0.39, 0.29) is 5.82 Å². The summed E-state index contributed by atoms with van der Waals surface area (Å²) in [5.41, 5.74) is 6.41. The van der Waals surface area contributed by atoms with Crippen LogP contribution in [0.5, 0.6) is 0 Å². The SMILES string of the molecule is Fc1ccc2c(C3=CCN(C4Cc5cccc6cccc4c56)CC3)c[nH]c2c1. The minimum absolute atomic E-state index is 0.195. The van der Waals surface area contributed by atoms with Gasteiger partial charge in [0.05, 0.1) is 0 Å². The zero-order valence-electron chi connectivity index (χ0n) is 15.6. The van der Waals surface area contributed by atoms with Crippen LogP contribution in [-0.4, -0.2) is 23.0 Å². The molecule has 1 N–H and O–H groups in total. The second-order valence-corrected chi connectivity index (χ2v) is 7.95. The zero-order chi connectivity index (χ0) is 18.7. The highest BCUT2D eigenvalue weighted by Gasteiger charge is 2.30. The number of H-pyrrole nitrogens is 1. The van der Waals surface area contributed by atoms with Crippen molar-refractivity contribution in [3.63, 3.8) is 0 Å². The van der Waals surface area contributed by atoms with Gasteiger partial charge in [-0.2, -0.15) is 0 Å². The van der Waals surface area contributed by atoms with Gasteiger partial charge < -0.3 is 4.98 Å². The van der Waals surface area contributed by atoms with Crippen molar-refractivity contribution < 1.29 is 4.39 Å². The summed E-state index contributed by atoms with van der Waals surface area (Å²) < 4.78 is 13.5. The van der Waals surface area contributed by atoms with E-state index in [0.717, 1.165) is 36.8 Å². The summed E-state index contributed by atoms with van der Waals surface area (Å²) in [6, 6.07) is 18.9. The fourth-order valence-electron chi connectivity index (χ4n) is 5.12. The van der Waals surface area contributed by atoms with E-state index in [1.807, 2.05) is 12.3 Å². The van der Waals surface area contributed by atoms with Crippen LogP contribution in [0.1, 0.15) is 29.2 Å². The maximum atomic E-state index is 13.5. The second kappa shape index (κ2) is 6.05. The Balaban J connectivity index is 1.31. The van der Waals surface area contributed by atoms with E-state index in [0.29, 0.717) is 6.04 Å². The maximum Gasteiger partial charge on any atom is 0.125 e. The average Bonchev–Trinajstić information content (AvgIpc) is 3.31. The third-order valence-corrected chi connectivity index (χ3v) is 6.47. The lowest BCUT2D eigenvalue weighted by Crippen LogP contribution is -2.32. The predicted molar refractivity (Wildman–Crippen MR) is 113 cm³/mol. The van der Waals surface area contributed by atoms with E-state index in [9.17, 15) is 4.39 Å². The van der Waals surface area contributed by atoms with Crippen LogP contribution in [0.4, 0.5) is 4.39 Å². The summed E-state index contributed by atoms with van der Waals surface area (Å²) in [4.78, 5) is 5.83. The first-order valence-electron chi connectivity index (χ1n) is 9.98. The Morgan fingerprint density at radius 2 is 1.93 bits per heavy atom. The minimum Gasteiger partial charge on any atom is -0.360 e. The third kappa shape index (κ3) is 2.36. The highest BCUT2D eigenvalue weighted by molar-refractivity contribution is 5.93. The molecule has 3 aromatic carbocycles. The first-order chi connectivity index (χ1) is 13.8. The molecule has 0 bridgehead atoms. The number of rotatable bonds is 2.